The topological polar surface area (TPSA) is 156 Å². The maximum Gasteiger partial charge on any atom is 0.325 e. The van der Waals surface area contributed by atoms with Crippen LogP contribution in [-0.2, 0) is 32.2 Å². The number of nitrogens with zero attached hydrogens (tertiary/aromatic N) is 3. The van der Waals surface area contributed by atoms with E-state index in [0.29, 0.717) is 6.42 Å². The summed E-state index contributed by atoms with van der Waals surface area (Å²) in [5, 5.41) is 26.0. The number of rotatable bonds is 13. The molecule has 2 heterocycles. The van der Waals surface area contributed by atoms with Crippen LogP contribution in [0.4, 0.5) is 16.2 Å². The highest BCUT2D eigenvalue weighted by atomic mass is 16.7. The van der Waals surface area contributed by atoms with Gasteiger partial charge < -0.3 is 34.9 Å². The van der Waals surface area contributed by atoms with E-state index < -0.39 is 18.3 Å². The van der Waals surface area contributed by atoms with Crippen molar-refractivity contribution in [3.8, 4) is 11.1 Å². The number of nitro groups is 1. The molecule has 2 saturated heterocycles. The number of hydrogen-bond donors (Lipinski definition) is 3. The molecule has 13 heteroatoms. The van der Waals surface area contributed by atoms with Crippen LogP contribution in [0.1, 0.15) is 48.0 Å². The van der Waals surface area contributed by atoms with Crippen LogP contribution in [0.3, 0.4) is 0 Å². The van der Waals surface area contributed by atoms with Crippen molar-refractivity contribution in [3.63, 3.8) is 0 Å². The first kappa shape index (κ1) is 37.4. The van der Waals surface area contributed by atoms with Gasteiger partial charge in [0.2, 0.25) is 0 Å². The molecule has 3 N–H and O–H groups in total. The molecule has 4 aromatic carbocycles. The van der Waals surface area contributed by atoms with Crippen LogP contribution in [-0.4, -0.2) is 78.9 Å². The van der Waals surface area contributed by atoms with Gasteiger partial charge in [0, 0.05) is 69.1 Å². The molecule has 278 valence electrons. The molecule has 2 aliphatic heterocycles. The zero-order valence-corrected chi connectivity index (χ0v) is 29.7. The van der Waals surface area contributed by atoms with E-state index in [2.05, 4.69) is 20.4 Å². The summed E-state index contributed by atoms with van der Waals surface area (Å²) in [5.74, 6) is -0.494. The minimum absolute atomic E-state index is 0.0275. The summed E-state index contributed by atoms with van der Waals surface area (Å²) in [5.41, 5.74) is 6.64. The molecule has 3 atom stereocenters. The Morgan fingerprint density at radius 3 is 2.26 bits per heavy atom. The number of hydrogen-bond acceptors (Lipinski definition) is 10. The van der Waals surface area contributed by atoms with Gasteiger partial charge in [0.15, 0.2) is 6.29 Å². The van der Waals surface area contributed by atoms with Crippen molar-refractivity contribution in [1.29, 1.82) is 0 Å². The number of benzene rings is 4. The van der Waals surface area contributed by atoms with Crippen LogP contribution in [0.25, 0.3) is 11.1 Å². The number of urea groups is 1. The molecule has 0 spiro atoms. The summed E-state index contributed by atoms with van der Waals surface area (Å²) in [6.45, 7) is 5.98. The minimum atomic E-state index is -0.605. The lowest BCUT2D eigenvalue weighted by Gasteiger charge is -2.41. The fourth-order valence-electron chi connectivity index (χ4n) is 6.67. The smallest absolute Gasteiger partial charge is 0.325 e. The van der Waals surface area contributed by atoms with Crippen LogP contribution in [0.15, 0.2) is 97.1 Å². The van der Waals surface area contributed by atoms with E-state index in [1.54, 1.807) is 19.1 Å². The number of nitrogens with one attached hydrogen (secondary N) is 2. The van der Waals surface area contributed by atoms with Crippen molar-refractivity contribution in [1.82, 2.24) is 15.5 Å². The van der Waals surface area contributed by atoms with Crippen LogP contribution in [0, 0.1) is 10.1 Å². The largest absolute Gasteiger partial charge is 0.465 e. The summed E-state index contributed by atoms with van der Waals surface area (Å²) in [6, 6.07) is 30.0. The Labute approximate surface area is 308 Å². The van der Waals surface area contributed by atoms with Crippen LogP contribution < -0.4 is 15.5 Å². The van der Waals surface area contributed by atoms with E-state index in [4.69, 9.17) is 14.2 Å². The van der Waals surface area contributed by atoms with Gasteiger partial charge in [-0.25, -0.2) is 4.79 Å². The van der Waals surface area contributed by atoms with Gasteiger partial charge in [-0.2, -0.15) is 0 Å². The predicted molar refractivity (Wildman–Crippen MR) is 199 cm³/mol. The molecule has 53 heavy (non-hydrogen) atoms. The molecule has 0 saturated carbocycles. The van der Waals surface area contributed by atoms with E-state index in [0.717, 1.165) is 71.8 Å². The third-order valence-corrected chi connectivity index (χ3v) is 9.52. The number of nitro benzene ring substituents is 1. The zero-order chi connectivity index (χ0) is 37.2. The summed E-state index contributed by atoms with van der Waals surface area (Å²) in [7, 11) is 0. The number of non-ortho nitro benzene ring substituents is 1. The normalized spacial score (nSPS) is 19.0. The second-order valence-electron chi connectivity index (χ2n) is 13.0. The van der Waals surface area contributed by atoms with Crippen molar-refractivity contribution in [3.05, 3.63) is 129 Å². The third kappa shape index (κ3) is 9.96. The van der Waals surface area contributed by atoms with Crippen LogP contribution in [0.5, 0.6) is 0 Å². The number of anilines is 1. The lowest BCUT2D eigenvalue weighted by atomic mass is 9.97. The average Bonchev–Trinajstić information content (AvgIpc) is 3.20. The van der Waals surface area contributed by atoms with E-state index in [1.807, 2.05) is 84.9 Å². The first-order chi connectivity index (χ1) is 25.8. The number of carbonyl (C=O) groups excluding carboxylic acids is 2. The highest BCUT2D eigenvalue weighted by molar-refractivity contribution is 5.81. The number of aliphatic hydroxyl groups is 1. The average molecular weight is 724 g/mol. The number of aliphatic hydroxyl groups excluding tert-OH is 1. The van der Waals surface area contributed by atoms with E-state index in [1.165, 1.54) is 0 Å². The van der Waals surface area contributed by atoms with Gasteiger partial charge in [-0.1, -0.05) is 72.8 Å². The molecule has 0 aromatic heterocycles. The number of esters is 1. The first-order valence-corrected chi connectivity index (χ1v) is 17.9. The van der Waals surface area contributed by atoms with Crippen molar-refractivity contribution >= 4 is 23.4 Å². The highest BCUT2D eigenvalue weighted by Gasteiger charge is 2.34. The number of piperazine rings is 1. The molecule has 4 aromatic rings. The van der Waals surface area contributed by atoms with Gasteiger partial charge in [0.1, 0.15) is 6.54 Å². The third-order valence-electron chi connectivity index (χ3n) is 9.52. The molecule has 13 nitrogen and oxygen atoms in total. The first-order valence-electron chi connectivity index (χ1n) is 17.9. The number of carbonyl (C=O) groups is 2. The molecule has 2 aliphatic rings. The van der Waals surface area contributed by atoms with Crippen molar-refractivity contribution in [2.45, 2.75) is 45.0 Å². The number of amides is 2. The summed E-state index contributed by atoms with van der Waals surface area (Å²) in [6.07, 6.45) is -0.256. The van der Waals surface area contributed by atoms with Crippen molar-refractivity contribution in [2.75, 3.05) is 50.8 Å². The Morgan fingerprint density at radius 1 is 0.887 bits per heavy atom. The predicted octanol–water partition coefficient (Wildman–Crippen LogP) is 5.48. The van der Waals surface area contributed by atoms with Crippen LogP contribution >= 0.6 is 0 Å². The quantitative estimate of drug-likeness (QED) is 0.0917. The van der Waals surface area contributed by atoms with E-state index in [-0.39, 0.29) is 49.1 Å². The number of ether oxygens (including phenoxy) is 3. The van der Waals surface area contributed by atoms with Gasteiger partial charge in [-0.15, -0.1) is 0 Å². The summed E-state index contributed by atoms with van der Waals surface area (Å²) in [4.78, 5) is 39.2. The monoisotopic (exact) mass is 723 g/mol. The van der Waals surface area contributed by atoms with Gasteiger partial charge in [-0.05, 0) is 46.9 Å². The van der Waals surface area contributed by atoms with E-state index >= 15 is 0 Å². The minimum Gasteiger partial charge on any atom is -0.465 e. The summed E-state index contributed by atoms with van der Waals surface area (Å²) >= 11 is 0. The van der Waals surface area contributed by atoms with Crippen LogP contribution in [0.2, 0.25) is 0 Å². The molecule has 0 aliphatic carbocycles. The lowest BCUT2D eigenvalue weighted by molar-refractivity contribution is -0.384. The van der Waals surface area contributed by atoms with E-state index in [9.17, 15) is 24.8 Å². The Bertz CT molecular complexity index is 1830. The Kier molecular flexibility index (Phi) is 12.7. The van der Waals surface area contributed by atoms with Gasteiger partial charge in [-0.3, -0.25) is 19.8 Å². The molecule has 0 radical (unpaired) electrons. The molecule has 6 rings (SSSR count). The van der Waals surface area contributed by atoms with Gasteiger partial charge in [0.05, 0.1) is 30.3 Å². The fraction of sp³-hybridized carbons (Fsp3) is 0.350. The zero-order valence-electron chi connectivity index (χ0n) is 29.7. The van der Waals surface area contributed by atoms with Gasteiger partial charge >= 0.3 is 12.0 Å². The lowest BCUT2D eigenvalue weighted by Crippen LogP contribution is -2.49. The fourth-order valence-corrected chi connectivity index (χ4v) is 6.67. The SMILES string of the molecule is CCOC(=O)CNC(=O)NCc1ccccc1-c1ccc(C2OC(CN3CCN(c4ccc([N+](=O)[O-])cc4)CC3)CC(c3ccc(CO)cc3)O2)cc1. The Balaban J connectivity index is 1.12. The maximum atomic E-state index is 12.3. The summed E-state index contributed by atoms with van der Waals surface area (Å²) < 4.78 is 18.1. The molecule has 3 unspecified atom stereocenters. The van der Waals surface area contributed by atoms with Crippen molar-refractivity contribution in [2.24, 2.45) is 0 Å². The highest BCUT2D eigenvalue weighted by Crippen LogP contribution is 2.39. The van der Waals surface area contributed by atoms with Gasteiger partial charge in [0.25, 0.3) is 5.69 Å². The molecule has 2 amide bonds. The molecule has 2 fully saturated rings. The maximum absolute atomic E-state index is 12.3. The molecule has 0 bridgehead atoms. The second-order valence-corrected chi connectivity index (χ2v) is 13.0. The Hall–Kier alpha value is -5.34. The van der Waals surface area contributed by atoms with Crippen molar-refractivity contribution < 1.29 is 33.8 Å². The molecular weight excluding hydrogens is 678 g/mol. The molecular formula is C40H45N5O8. The second kappa shape index (κ2) is 17.9. The standard InChI is InChI=1S/C40H45N5O8/c1-2-51-38(47)25-42-40(48)41-24-32-5-3-4-6-36(32)29-11-13-31(14-12-29)39-52-35(23-37(53-39)30-9-7-28(27-46)8-10-30)26-43-19-21-44(22-20-43)33-15-17-34(18-16-33)45(49)50/h3-18,35,37,39,46H,2,19-27H2,1H3,(H2,41,42,48). The Morgan fingerprint density at radius 2 is 1.58 bits per heavy atom.